The lowest BCUT2D eigenvalue weighted by Crippen LogP contribution is -2.42. The van der Waals surface area contributed by atoms with E-state index in [2.05, 4.69) is 35.2 Å². The van der Waals surface area contributed by atoms with Crippen LogP contribution < -0.4 is 5.32 Å². The molecule has 2 heterocycles. The number of amides is 1. The van der Waals surface area contributed by atoms with Crippen molar-refractivity contribution in [3.63, 3.8) is 0 Å². The molecule has 7 heteroatoms. The van der Waals surface area contributed by atoms with E-state index in [1.807, 2.05) is 12.1 Å². The molecule has 2 aromatic heterocycles. The van der Waals surface area contributed by atoms with Crippen molar-refractivity contribution >= 4 is 34.2 Å². The van der Waals surface area contributed by atoms with Crippen LogP contribution in [0.15, 0.2) is 35.7 Å². The van der Waals surface area contributed by atoms with Crippen LogP contribution in [0.4, 0.5) is 0 Å². The molecule has 1 aliphatic rings. The van der Waals surface area contributed by atoms with Gasteiger partial charge in [-0.2, -0.15) is 0 Å². The first-order valence-corrected chi connectivity index (χ1v) is 12.9. The fourth-order valence-electron chi connectivity index (χ4n) is 4.88. The van der Waals surface area contributed by atoms with Gasteiger partial charge in [-0.1, -0.05) is 45.1 Å². The van der Waals surface area contributed by atoms with E-state index in [9.17, 15) is 14.7 Å². The van der Waals surface area contributed by atoms with E-state index in [0.29, 0.717) is 17.9 Å². The number of nitrogens with zero attached hydrogens (tertiary/aromatic N) is 2. The highest BCUT2D eigenvalue weighted by molar-refractivity contribution is 7.09. The minimum atomic E-state index is -0.964. The molecule has 0 bridgehead atoms. The molecule has 0 saturated heterocycles. The van der Waals surface area contributed by atoms with Gasteiger partial charge in [0, 0.05) is 22.9 Å². The molecule has 1 aromatic carbocycles. The Morgan fingerprint density at radius 2 is 2.03 bits per heavy atom. The molecule has 33 heavy (non-hydrogen) atoms. The molecule has 2 N–H and O–H groups in total. The topological polar surface area (TPSA) is 84.2 Å². The maximum absolute atomic E-state index is 13.0. The van der Waals surface area contributed by atoms with Crippen molar-refractivity contribution in [2.45, 2.75) is 77.3 Å². The van der Waals surface area contributed by atoms with Crippen LogP contribution in [0.25, 0.3) is 11.0 Å². The molecule has 0 aliphatic heterocycles. The molecule has 2 atom stereocenters. The van der Waals surface area contributed by atoms with E-state index in [0.717, 1.165) is 55.4 Å². The van der Waals surface area contributed by atoms with Crippen molar-refractivity contribution in [2.24, 2.45) is 5.92 Å². The van der Waals surface area contributed by atoms with E-state index >= 15 is 0 Å². The maximum atomic E-state index is 13.0. The summed E-state index contributed by atoms with van der Waals surface area (Å²) in [5.74, 6) is 0.0426. The zero-order chi connectivity index (χ0) is 23.4. The van der Waals surface area contributed by atoms with Crippen molar-refractivity contribution < 1.29 is 14.7 Å². The van der Waals surface area contributed by atoms with Gasteiger partial charge in [-0.25, -0.2) is 9.78 Å². The third-order valence-corrected chi connectivity index (χ3v) is 7.74. The number of carbonyl (C=O) groups is 2. The molecule has 1 unspecified atom stereocenters. The average Bonchev–Trinajstić information content (AvgIpc) is 3.45. The van der Waals surface area contributed by atoms with Crippen LogP contribution in [0.5, 0.6) is 0 Å². The summed E-state index contributed by atoms with van der Waals surface area (Å²) in [5, 5.41) is 14.5. The predicted molar refractivity (Wildman–Crippen MR) is 132 cm³/mol. The second-order valence-electron chi connectivity index (χ2n) is 9.22. The largest absolute Gasteiger partial charge is 0.480 e. The molecule has 4 rings (SSSR count). The molecular formula is C26H33N3O3S. The van der Waals surface area contributed by atoms with E-state index < -0.39 is 12.0 Å². The molecule has 0 spiro atoms. The number of hydrogen-bond acceptors (Lipinski definition) is 4. The highest BCUT2D eigenvalue weighted by Gasteiger charge is 2.26. The summed E-state index contributed by atoms with van der Waals surface area (Å²) in [4.78, 5) is 30.9. The van der Waals surface area contributed by atoms with Gasteiger partial charge in [0.2, 0.25) is 0 Å². The van der Waals surface area contributed by atoms with Crippen molar-refractivity contribution in [3.05, 3.63) is 52.0 Å². The molecule has 1 saturated carbocycles. The number of aliphatic carboxylic acids is 1. The van der Waals surface area contributed by atoms with Crippen molar-refractivity contribution in [2.75, 3.05) is 0 Å². The first-order chi connectivity index (χ1) is 16.0. The fourth-order valence-corrected chi connectivity index (χ4v) is 5.58. The Hall–Kier alpha value is -2.67. The minimum Gasteiger partial charge on any atom is -0.480 e. The van der Waals surface area contributed by atoms with Crippen LogP contribution in [0, 0.1) is 5.92 Å². The van der Waals surface area contributed by atoms with Gasteiger partial charge in [-0.15, -0.1) is 11.3 Å². The zero-order valence-corrected chi connectivity index (χ0v) is 20.2. The number of carboxylic acids is 1. The standard InChI is InChI=1S/C26H33N3O3S/c1-3-17(2)29-23-12-11-19(15-21(23)27-24(29)16-20-10-7-13-33-20)25(30)28-22(26(31)32)14-18-8-5-4-6-9-18/h7,10-13,15,17-18,22H,3-6,8-9,14,16H2,1-2H3,(H,28,30)(H,31,32)/t17?,22-/m0/s1. The van der Waals surface area contributed by atoms with Gasteiger partial charge >= 0.3 is 5.97 Å². The highest BCUT2D eigenvalue weighted by Crippen LogP contribution is 2.28. The second-order valence-corrected chi connectivity index (χ2v) is 10.3. The second kappa shape index (κ2) is 10.5. The molecule has 1 aliphatic carbocycles. The highest BCUT2D eigenvalue weighted by atomic mass is 32.1. The number of rotatable bonds is 9. The summed E-state index contributed by atoms with van der Waals surface area (Å²) >= 11 is 1.71. The van der Waals surface area contributed by atoms with Gasteiger partial charge in [0.15, 0.2) is 0 Å². The first-order valence-electron chi connectivity index (χ1n) is 12.0. The van der Waals surface area contributed by atoms with Crippen LogP contribution in [-0.2, 0) is 11.2 Å². The molecule has 3 aromatic rings. The smallest absolute Gasteiger partial charge is 0.326 e. The normalized spacial score (nSPS) is 16.5. The quantitative estimate of drug-likeness (QED) is 0.416. The van der Waals surface area contributed by atoms with Crippen molar-refractivity contribution in [1.29, 1.82) is 0 Å². The van der Waals surface area contributed by atoms with Crippen LogP contribution in [0.1, 0.15) is 85.9 Å². The van der Waals surface area contributed by atoms with Gasteiger partial charge in [-0.05, 0) is 55.3 Å². The number of imidazole rings is 1. The number of fused-ring (bicyclic) bond motifs is 1. The van der Waals surface area contributed by atoms with Crippen LogP contribution >= 0.6 is 11.3 Å². The number of carboxylic acid groups (broad SMARTS) is 1. The summed E-state index contributed by atoms with van der Waals surface area (Å²) in [6.07, 6.45) is 7.84. The number of nitrogens with one attached hydrogen (secondary N) is 1. The molecule has 1 amide bonds. The van der Waals surface area contributed by atoms with E-state index in [4.69, 9.17) is 4.98 Å². The Morgan fingerprint density at radius 1 is 1.24 bits per heavy atom. The lowest BCUT2D eigenvalue weighted by Gasteiger charge is -2.25. The van der Waals surface area contributed by atoms with Crippen LogP contribution in [-0.4, -0.2) is 32.6 Å². The van der Waals surface area contributed by atoms with Crippen LogP contribution in [0.2, 0.25) is 0 Å². The van der Waals surface area contributed by atoms with Gasteiger partial charge < -0.3 is 15.0 Å². The van der Waals surface area contributed by atoms with Gasteiger partial charge in [0.25, 0.3) is 5.91 Å². The number of aromatic nitrogens is 2. The Balaban J connectivity index is 1.57. The molecule has 1 fully saturated rings. The van der Waals surface area contributed by atoms with E-state index in [-0.39, 0.29) is 11.9 Å². The fraction of sp³-hybridized carbons (Fsp3) is 0.500. The molecule has 176 valence electrons. The third kappa shape index (κ3) is 5.46. The zero-order valence-electron chi connectivity index (χ0n) is 19.4. The average molecular weight is 468 g/mol. The first kappa shape index (κ1) is 23.5. The molecular weight excluding hydrogens is 434 g/mol. The Labute approximate surface area is 199 Å². The Morgan fingerprint density at radius 3 is 2.70 bits per heavy atom. The van der Waals surface area contributed by atoms with Gasteiger partial charge in [-0.3, -0.25) is 4.79 Å². The monoisotopic (exact) mass is 467 g/mol. The Bertz CT molecular complexity index is 1100. The summed E-state index contributed by atoms with van der Waals surface area (Å²) in [7, 11) is 0. The number of carbonyl (C=O) groups excluding carboxylic acids is 1. The minimum absolute atomic E-state index is 0.288. The number of hydrogen-bond donors (Lipinski definition) is 2. The lowest BCUT2D eigenvalue weighted by atomic mass is 9.85. The van der Waals surface area contributed by atoms with Crippen molar-refractivity contribution in [1.82, 2.24) is 14.9 Å². The summed E-state index contributed by atoms with van der Waals surface area (Å²) < 4.78 is 2.26. The summed E-state index contributed by atoms with van der Waals surface area (Å²) in [6.45, 7) is 4.34. The third-order valence-electron chi connectivity index (χ3n) is 6.87. The SMILES string of the molecule is CCC(C)n1c(Cc2cccs2)nc2cc(C(=O)N[C@@H](CC3CCCCC3)C(=O)O)ccc21. The van der Waals surface area contributed by atoms with Gasteiger partial charge in [0.05, 0.1) is 11.0 Å². The van der Waals surface area contributed by atoms with E-state index in [1.54, 1.807) is 23.5 Å². The summed E-state index contributed by atoms with van der Waals surface area (Å²) in [6, 6.07) is 9.11. The predicted octanol–water partition coefficient (Wildman–Crippen LogP) is 5.81. The molecule has 0 radical (unpaired) electrons. The number of benzene rings is 1. The molecule has 6 nitrogen and oxygen atoms in total. The number of thiophene rings is 1. The van der Waals surface area contributed by atoms with Gasteiger partial charge in [0.1, 0.15) is 11.9 Å². The van der Waals surface area contributed by atoms with Crippen molar-refractivity contribution in [3.8, 4) is 0 Å². The van der Waals surface area contributed by atoms with E-state index in [1.165, 1.54) is 11.3 Å². The summed E-state index contributed by atoms with van der Waals surface area (Å²) in [5.41, 5.74) is 2.23. The Kier molecular flexibility index (Phi) is 7.48. The lowest BCUT2D eigenvalue weighted by molar-refractivity contribution is -0.139. The maximum Gasteiger partial charge on any atom is 0.326 e. The van der Waals surface area contributed by atoms with Crippen LogP contribution in [0.3, 0.4) is 0 Å².